The molecule has 0 saturated carbocycles. The zero-order valence-electron chi connectivity index (χ0n) is 10.7. The van der Waals surface area contributed by atoms with Crippen molar-refractivity contribution >= 4 is 11.7 Å². The van der Waals surface area contributed by atoms with Gasteiger partial charge < -0.3 is 10.3 Å². The number of hydrogen-bond acceptors (Lipinski definition) is 4. The summed E-state index contributed by atoms with van der Waals surface area (Å²) in [6.45, 7) is 3.87. The Morgan fingerprint density at radius 3 is 2.89 bits per heavy atom. The third-order valence-electron chi connectivity index (χ3n) is 3.65. The summed E-state index contributed by atoms with van der Waals surface area (Å²) >= 11 is 0. The fraction of sp³-hybridized carbons (Fsp3) is 0.538. The Morgan fingerprint density at radius 2 is 2.28 bits per heavy atom. The van der Waals surface area contributed by atoms with Gasteiger partial charge in [0.1, 0.15) is 0 Å². The number of hydrogen-bond donors (Lipinski definition) is 2. The number of anilines is 1. The van der Waals surface area contributed by atoms with Gasteiger partial charge in [-0.15, -0.1) is 0 Å². The first-order chi connectivity index (χ1) is 8.76. The molecule has 3 N–H and O–H groups in total. The summed E-state index contributed by atoms with van der Waals surface area (Å²) < 4.78 is 0. The van der Waals surface area contributed by atoms with E-state index in [-0.39, 0.29) is 5.91 Å². The molecule has 1 aliphatic heterocycles. The fourth-order valence-electron chi connectivity index (χ4n) is 2.41. The Hall–Kier alpha value is -1.62. The molecule has 0 atom stereocenters. The van der Waals surface area contributed by atoms with Crippen LogP contribution < -0.4 is 11.3 Å². The van der Waals surface area contributed by atoms with E-state index in [1.165, 1.54) is 6.42 Å². The number of amides is 1. The molecule has 2 rings (SSSR count). The molecular weight excluding hydrogens is 228 g/mol. The molecular formula is C13H20N4O. The molecule has 1 aliphatic rings. The van der Waals surface area contributed by atoms with Crippen LogP contribution in [0.5, 0.6) is 0 Å². The van der Waals surface area contributed by atoms with Gasteiger partial charge in [-0.3, -0.25) is 4.79 Å². The second kappa shape index (κ2) is 5.82. The van der Waals surface area contributed by atoms with E-state index in [1.54, 1.807) is 18.3 Å². The van der Waals surface area contributed by atoms with Crippen LogP contribution in [0, 0.1) is 5.92 Å². The number of nitrogens with zero attached hydrogens (tertiary/aromatic N) is 2. The Kier molecular flexibility index (Phi) is 4.15. The Morgan fingerprint density at radius 1 is 1.56 bits per heavy atom. The normalized spacial score (nSPS) is 16.7. The van der Waals surface area contributed by atoms with Gasteiger partial charge in [0.25, 0.3) is 5.91 Å². The van der Waals surface area contributed by atoms with E-state index in [2.05, 4.69) is 17.3 Å². The monoisotopic (exact) mass is 248 g/mol. The molecule has 0 aliphatic carbocycles. The zero-order valence-corrected chi connectivity index (χ0v) is 10.7. The molecule has 1 aromatic heterocycles. The topological polar surface area (TPSA) is 71.2 Å². The molecule has 5 nitrogen and oxygen atoms in total. The van der Waals surface area contributed by atoms with E-state index < -0.39 is 0 Å². The lowest BCUT2D eigenvalue weighted by atomic mass is 9.94. The van der Waals surface area contributed by atoms with Crippen LogP contribution in [-0.2, 0) is 0 Å². The summed E-state index contributed by atoms with van der Waals surface area (Å²) in [5.74, 6) is 6.60. The van der Waals surface area contributed by atoms with E-state index in [0.29, 0.717) is 11.4 Å². The van der Waals surface area contributed by atoms with Crippen molar-refractivity contribution in [1.82, 2.24) is 9.88 Å². The van der Waals surface area contributed by atoms with Gasteiger partial charge in [0.05, 0.1) is 5.56 Å². The third-order valence-corrected chi connectivity index (χ3v) is 3.65. The number of carbonyl (C=O) groups is 1. The Labute approximate surface area is 107 Å². The van der Waals surface area contributed by atoms with Gasteiger partial charge in [-0.2, -0.15) is 0 Å². The SMILES string of the molecule is CCC1CCN(C(=O)c2cccnc2NN)CC1. The fourth-order valence-corrected chi connectivity index (χ4v) is 2.41. The van der Waals surface area contributed by atoms with Gasteiger partial charge in [0.15, 0.2) is 5.82 Å². The van der Waals surface area contributed by atoms with Crippen molar-refractivity contribution in [2.45, 2.75) is 26.2 Å². The number of carbonyl (C=O) groups excluding carboxylic acids is 1. The molecule has 0 unspecified atom stereocenters. The van der Waals surface area contributed by atoms with Crippen LogP contribution in [0.4, 0.5) is 5.82 Å². The quantitative estimate of drug-likeness (QED) is 0.630. The molecule has 0 spiro atoms. The number of nitrogen functional groups attached to an aromatic ring is 1. The molecule has 18 heavy (non-hydrogen) atoms. The molecule has 1 fully saturated rings. The summed E-state index contributed by atoms with van der Waals surface area (Å²) in [4.78, 5) is 18.3. The van der Waals surface area contributed by atoms with Crippen LogP contribution in [0.3, 0.4) is 0 Å². The van der Waals surface area contributed by atoms with Crippen LogP contribution in [0.15, 0.2) is 18.3 Å². The van der Waals surface area contributed by atoms with Gasteiger partial charge in [-0.1, -0.05) is 13.3 Å². The smallest absolute Gasteiger partial charge is 0.257 e. The number of nitrogens with one attached hydrogen (secondary N) is 1. The van der Waals surface area contributed by atoms with Crippen molar-refractivity contribution in [3.05, 3.63) is 23.9 Å². The molecule has 5 heteroatoms. The average molecular weight is 248 g/mol. The first-order valence-electron chi connectivity index (χ1n) is 6.47. The second-order valence-corrected chi connectivity index (χ2v) is 4.69. The zero-order chi connectivity index (χ0) is 13.0. The van der Waals surface area contributed by atoms with Crippen molar-refractivity contribution in [1.29, 1.82) is 0 Å². The van der Waals surface area contributed by atoms with Crippen molar-refractivity contribution in [3.63, 3.8) is 0 Å². The highest BCUT2D eigenvalue weighted by molar-refractivity contribution is 5.98. The largest absolute Gasteiger partial charge is 0.339 e. The maximum absolute atomic E-state index is 12.4. The highest BCUT2D eigenvalue weighted by Gasteiger charge is 2.24. The lowest BCUT2D eigenvalue weighted by Crippen LogP contribution is -2.38. The lowest BCUT2D eigenvalue weighted by molar-refractivity contribution is 0.0689. The summed E-state index contributed by atoms with van der Waals surface area (Å²) in [7, 11) is 0. The number of likely N-dealkylation sites (tertiary alicyclic amines) is 1. The van der Waals surface area contributed by atoms with Crippen LogP contribution in [0.25, 0.3) is 0 Å². The highest BCUT2D eigenvalue weighted by atomic mass is 16.2. The van der Waals surface area contributed by atoms with E-state index in [0.717, 1.165) is 31.8 Å². The van der Waals surface area contributed by atoms with E-state index in [1.807, 2.05) is 4.90 Å². The van der Waals surface area contributed by atoms with E-state index >= 15 is 0 Å². The average Bonchev–Trinajstić information content (AvgIpc) is 2.46. The first kappa shape index (κ1) is 12.8. The predicted octanol–water partition coefficient (Wildman–Crippen LogP) is 1.63. The van der Waals surface area contributed by atoms with Crippen molar-refractivity contribution in [2.75, 3.05) is 18.5 Å². The summed E-state index contributed by atoms with van der Waals surface area (Å²) in [6, 6.07) is 3.52. The molecule has 1 amide bonds. The number of nitrogens with two attached hydrogens (primary N) is 1. The molecule has 0 radical (unpaired) electrons. The van der Waals surface area contributed by atoms with Crippen molar-refractivity contribution in [2.24, 2.45) is 11.8 Å². The van der Waals surface area contributed by atoms with E-state index in [4.69, 9.17) is 5.84 Å². The molecule has 0 aromatic carbocycles. The minimum Gasteiger partial charge on any atom is -0.339 e. The van der Waals surface area contributed by atoms with Gasteiger partial charge in [0, 0.05) is 19.3 Å². The van der Waals surface area contributed by atoms with Gasteiger partial charge in [0.2, 0.25) is 0 Å². The number of pyridine rings is 1. The number of rotatable bonds is 3. The van der Waals surface area contributed by atoms with Crippen LogP contribution in [0.1, 0.15) is 36.5 Å². The minimum absolute atomic E-state index is 0.0191. The second-order valence-electron chi connectivity index (χ2n) is 4.69. The van der Waals surface area contributed by atoms with Gasteiger partial charge >= 0.3 is 0 Å². The van der Waals surface area contributed by atoms with Gasteiger partial charge in [-0.05, 0) is 30.9 Å². The van der Waals surface area contributed by atoms with Crippen LogP contribution >= 0.6 is 0 Å². The molecule has 98 valence electrons. The summed E-state index contributed by atoms with van der Waals surface area (Å²) in [6.07, 6.45) is 5.00. The Balaban J connectivity index is 2.08. The minimum atomic E-state index is 0.0191. The Bertz CT molecular complexity index is 413. The molecule has 1 aromatic rings. The molecule has 1 saturated heterocycles. The maximum atomic E-state index is 12.4. The number of hydrazine groups is 1. The van der Waals surface area contributed by atoms with Crippen molar-refractivity contribution in [3.8, 4) is 0 Å². The molecule has 0 bridgehead atoms. The first-order valence-corrected chi connectivity index (χ1v) is 6.47. The maximum Gasteiger partial charge on any atom is 0.257 e. The van der Waals surface area contributed by atoms with Crippen LogP contribution in [-0.4, -0.2) is 28.9 Å². The van der Waals surface area contributed by atoms with E-state index in [9.17, 15) is 4.79 Å². The number of piperidine rings is 1. The predicted molar refractivity (Wildman–Crippen MR) is 71.0 cm³/mol. The lowest BCUT2D eigenvalue weighted by Gasteiger charge is -2.31. The number of aromatic nitrogens is 1. The third kappa shape index (κ3) is 2.61. The van der Waals surface area contributed by atoms with Gasteiger partial charge in [-0.25, -0.2) is 10.8 Å². The standard InChI is InChI=1S/C13H20N4O/c1-2-10-5-8-17(9-6-10)13(18)11-4-3-7-15-12(11)16-14/h3-4,7,10H,2,5-6,8-9,14H2,1H3,(H,15,16). The van der Waals surface area contributed by atoms with Crippen LogP contribution in [0.2, 0.25) is 0 Å². The molecule has 2 heterocycles. The summed E-state index contributed by atoms with van der Waals surface area (Å²) in [5.41, 5.74) is 3.03. The summed E-state index contributed by atoms with van der Waals surface area (Å²) in [5, 5.41) is 0. The highest BCUT2D eigenvalue weighted by Crippen LogP contribution is 2.22. The van der Waals surface area contributed by atoms with Crippen molar-refractivity contribution < 1.29 is 4.79 Å².